The third kappa shape index (κ3) is 3.77. The molecule has 148 valence electrons. The zero-order valence-corrected chi connectivity index (χ0v) is 17.2. The predicted molar refractivity (Wildman–Crippen MR) is 112 cm³/mol. The highest BCUT2D eigenvalue weighted by Gasteiger charge is 2.24. The van der Waals surface area contributed by atoms with Crippen LogP contribution >= 0.6 is 22.9 Å². The molecule has 9 heteroatoms. The molecule has 3 N–H and O–H groups in total. The lowest BCUT2D eigenvalue weighted by Crippen LogP contribution is -2.29. The number of amides is 1. The Morgan fingerprint density at radius 2 is 2.11 bits per heavy atom. The Labute approximate surface area is 170 Å². The molecule has 0 fully saturated rings. The smallest absolute Gasteiger partial charge is 0.280 e. The number of hydrogen-bond donors (Lipinski definition) is 3. The molecule has 2 heterocycles. The summed E-state index contributed by atoms with van der Waals surface area (Å²) >= 11 is 7.64. The fourth-order valence-electron chi connectivity index (χ4n) is 2.86. The number of hydrogen-bond acceptors (Lipinski definition) is 6. The fraction of sp³-hybridized carbons (Fsp3) is 0.263. The SMILES string of the molecule is Cc1ccc(Nc2c(C(=O)NOCCO)c3scc(C)c3c(=O)n2C)c(Cl)c1. The maximum Gasteiger partial charge on any atom is 0.280 e. The molecule has 0 aliphatic heterocycles. The van der Waals surface area contributed by atoms with Crippen molar-refractivity contribution in [3.63, 3.8) is 0 Å². The van der Waals surface area contributed by atoms with Crippen molar-refractivity contribution < 1.29 is 14.7 Å². The summed E-state index contributed by atoms with van der Waals surface area (Å²) in [4.78, 5) is 30.7. The first kappa shape index (κ1) is 20.3. The van der Waals surface area contributed by atoms with Crippen LogP contribution in [0.3, 0.4) is 0 Å². The molecule has 0 spiro atoms. The van der Waals surface area contributed by atoms with Crippen LogP contribution in [0.1, 0.15) is 21.5 Å². The van der Waals surface area contributed by atoms with Gasteiger partial charge in [0.2, 0.25) is 0 Å². The third-order valence-corrected chi connectivity index (χ3v) is 5.68. The number of nitrogens with zero attached hydrogens (tertiary/aromatic N) is 1. The van der Waals surface area contributed by atoms with Crippen LogP contribution in [-0.4, -0.2) is 28.8 Å². The molecule has 2 aromatic heterocycles. The second-order valence-corrected chi connectivity index (χ2v) is 7.61. The van der Waals surface area contributed by atoms with Gasteiger partial charge in [-0.25, -0.2) is 5.48 Å². The summed E-state index contributed by atoms with van der Waals surface area (Å²) in [5.41, 5.74) is 4.73. The van der Waals surface area contributed by atoms with Crippen molar-refractivity contribution in [2.45, 2.75) is 13.8 Å². The largest absolute Gasteiger partial charge is 0.394 e. The Kier molecular flexibility index (Phi) is 6.04. The Morgan fingerprint density at radius 3 is 2.79 bits per heavy atom. The number of anilines is 2. The van der Waals surface area contributed by atoms with Gasteiger partial charge in [-0.3, -0.25) is 19.0 Å². The van der Waals surface area contributed by atoms with Gasteiger partial charge in [0.1, 0.15) is 11.4 Å². The summed E-state index contributed by atoms with van der Waals surface area (Å²) in [5.74, 6) is -0.225. The molecule has 0 aliphatic carbocycles. The molecular formula is C19H20ClN3O4S. The van der Waals surface area contributed by atoms with Crippen LogP contribution in [0.4, 0.5) is 11.5 Å². The molecule has 28 heavy (non-hydrogen) atoms. The minimum absolute atomic E-state index is 0.0450. The van der Waals surface area contributed by atoms with Gasteiger partial charge in [0.05, 0.1) is 34.0 Å². The molecule has 0 atom stereocenters. The van der Waals surface area contributed by atoms with Gasteiger partial charge in [-0.2, -0.15) is 0 Å². The molecule has 1 amide bonds. The molecular weight excluding hydrogens is 402 g/mol. The second kappa shape index (κ2) is 8.32. The van der Waals surface area contributed by atoms with Crippen LogP contribution in [0.5, 0.6) is 0 Å². The molecule has 0 unspecified atom stereocenters. The predicted octanol–water partition coefficient (Wildman–Crippen LogP) is 3.27. The Hall–Kier alpha value is -2.39. The summed E-state index contributed by atoms with van der Waals surface area (Å²) in [6.07, 6.45) is 0. The number of carbonyl (C=O) groups is 1. The minimum atomic E-state index is -0.526. The lowest BCUT2D eigenvalue weighted by Gasteiger charge is -2.18. The second-order valence-electron chi connectivity index (χ2n) is 6.32. The molecule has 1 aromatic carbocycles. The number of carbonyl (C=O) groups excluding carboxylic acids is 1. The zero-order chi connectivity index (χ0) is 20.4. The number of hydroxylamine groups is 1. The van der Waals surface area contributed by atoms with E-state index in [1.807, 2.05) is 25.3 Å². The summed E-state index contributed by atoms with van der Waals surface area (Å²) < 4.78 is 1.94. The van der Waals surface area contributed by atoms with Gasteiger partial charge in [0.15, 0.2) is 0 Å². The maximum atomic E-state index is 12.9. The lowest BCUT2D eigenvalue weighted by atomic mass is 10.1. The first-order chi connectivity index (χ1) is 13.3. The van der Waals surface area contributed by atoms with E-state index in [2.05, 4.69) is 10.8 Å². The number of nitrogens with one attached hydrogen (secondary N) is 2. The molecule has 0 saturated heterocycles. The molecule has 3 rings (SSSR count). The topological polar surface area (TPSA) is 92.6 Å². The number of thiophene rings is 1. The average molecular weight is 422 g/mol. The highest BCUT2D eigenvalue weighted by Crippen LogP contribution is 2.33. The van der Waals surface area contributed by atoms with Gasteiger partial charge in [-0.1, -0.05) is 17.7 Å². The number of aliphatic hydroxyl groups is 1. The maximum absolute atomic E-state index is 12.9. The van der Waals surface area contributed by atoms with E-state index in [0.717, 1.165) is 11.1 Å². The highest BCUT2D eigenvalue weighted by molar-refractivity contribution is 7.17. The molecule has 7 nitrogen and oxygen atoms in total. The molecule has 0 radical (unpaired) electrons. The number of aromatic nitrogens is 1. The van der Waals surface area contributed by atoms with E-state index in [4.69, 9.17) is 21.5 Å². The van der Waals surface area contributed by atoms with E-state index in [-0.39, 0.29) is 24.3 Å². The van der Waals surface area contributed by atoms with Gasteiger partial charge in [-0.05, 0) is 42.5 Å². The number of benzene rings is 1. The standard InChI is InChI=1S/C19H20ClN3O4S/c1-10-4-5-13(12(20)8-10)21-17-15(18(25)22-27-7-6-24)16-14(11(2)9-28-16)19(26)23(17)3/h4-5,8-9,21,24H,6-7H2,1-3H3,(H,22,25). The van der Waals surface area contributed by atoms with Crippen molar-refractivity contribution in [1.29, 1.82) is 0 Å². The molecule has 0 bridgehead atoms. The van der Waals surface area contributed by atoms with Crippen molar-refractivity contribution >= 4 is 50.4 Å². The van der Waals surface area contributed by atoms with E-state index in [1.165, 1.54) is 15.9 Å². The quantitative estimate of drug-likeness (QED) is 0.419. The van der Waals surface area contributed by atoms with Gasteiger partial charge >= 0.3 is 0 Å². The number of aliphatic hydroxyl groups excluding tert-OH is 1. The summed E-state index contributed by atoms with van der Waals surface area (Å²) in [6, 6.07) is 5.46. The van der Waals surface area contributed by atoms with Crippen molar-refractivity contribution in [2.24, 2.45) is 7.05 Å². The third-order valence-electron chi connectivity index (χ3n) is 4.26. The molecule has 3 aromatic rings. The Morgan fingerprint density at radius 1 is 1.36 bits per heavy atom. The Bertz CT molecular complexity index is 1110. The normalized spacial score (nSPS) is 11.0. The minimum Gasteiger partial charge on any atom is -0.394 e. The summed E-state index contributed by atoms with van der Waals surface area (Å²) in [6.45, 7) is 3.47. The molecule has 0 aliphatic rings. The van der Waals surface area contributed by atoms with Gasteiger partial charge in [0, 0.05) is 7.05 Å². The number of rotatable bonds is 6. The average Bonchev–Trinajstić information content (AvgIpc) is 3.03. The first-order valence-corrected chi connectivity index (χ1v) is 9.77. The molecule has 0 saturated carbocycles. The van der Waals surface area contributed by atoms with Gasteiger partial charge in [-0.15, -0.1) is 11.3 Å². The van der Waals surface area contributed by atoms with Gasteiger partial charge < -0.3 is 10.4 Å². The first-order valence-electron chi connectivity index (χ1n) is 8.52. The van der Waals surface area contributed by atoms with Crippen LogP contribution < -0.4 is 16.4 Å². The van der Waals surface area contributed by atoms with E-state index >= 15 is 0 Å². The Balaban J connectivity index is 2.19. The van der Waals surface area contributed by atoms with E-state index < -0.39 is 5.91 Å². The lowest BCUT2D eigenvalue weighted by molar-refractivity contribution is 0.0170. The summed E-state index contributed by atoms with van der Waals surface area (Å²) in [5, 5.41) is 14.8. The van der Waals surface area contributed by atoms with Crippen molar-refractivity contribution in [2.75, 3.05) is 18.5 Å². The van der Waals surface area contributed by atoms with Crippen LogP contribution in [-0.2, 0) is 11.9 Å². The van der Waals surface area contributed by atoms with Crippen LogP contribution in [0.15, 0.2) is 28.4 Å². The fourth-order valence-corrected chi connectivity index (χ4v) is 4.23. The number of halogens is 1. The van der Waals surface area contributed by atoms with Crippen molar-refractivity contribution in [3.8, 4) is 0 Å². The van der Waals surface area contributed by atoms with Gasteiger partial charge in [0.25, 0.3) is 11.5 Å². The van der Waals surface area contributed by atoms with Crippen molar-refractivity contribution in [1.82, 2.24) is 10.0 Å². The van der Waals surface area contributed by atoms with Crippen LogP contribution in [0.2, 0.25) is 5.02 Å². The number of pyridine rings is 1. The zero-order valence-electron chi connectivity index (χ0n) is 15.6. The van der Waals surface area contributed by atoms with Crippen LogP contribution in [0.25, 0.3) is 10.1 Å². The van der Waals surface area contributed by atoms with E-state index in [0.29, 0.717) is 26.6 Å². The van der Waals surface area contributed by atoms with Crippen molar-refractivity contribution in [3.05, 3.63) is 55.6 Å². The monoisotopic (exact) mass is 421 g/mol. The van der Waals surface area contributed by atoms with E-state index in [9.17, 15) is 9.59 Å². The highest BCUT2D eigenvalue weighted by atomic mass is 35.5. The van der Waals surface area contributed by atoms with E-state index in [1.54, 1.807) is 19.2 Å². The number of aryl methyl sites for hydroxylation is 2. The summed E-state index contributed by atoms with van der Waals surface area (Å²) in [7, 11) is 1.59. The van der Waals surface area contributed by atoms with Crippen LogP contribution in [0, 0.1) is 13.8 Å². The number of fused-ring (bicyclic) bond motifs is 1.